The van der Waals surface area contributed by atoms with E-state index in [0.717, 1.165) is 44.5 Å². The van der Waals surface area contributed by atoms with Crippen molar-refractivity contribution in [3.8, 4) is 33.5 Å². The van der Waals surface area contributed by atoms with Crippen molar-refractivity contribution >= 4 is 21.8 Å². The van der Waals surface area contributed by atoms with Crippen molar-refractivity contribution in [2.24, 2.45) is 0 Å². The first-order chi connectivity index (χ1) is 24.0. The molecule has 1 radical (unpaired) electrons. The first-order valence-corrected chi connectivity index (χ1v) is 16.8. The molecule has 0 amide bonds. The minimum Gasteiger partial charge on any atom is -0.393 e. The number of pyridine rings is 3. The molecular weight excluding hydrogens is 811 g/mol. The largest absolute Gasteiger partial charge is 0.393 e. The van der Waals surface area contributed by atoms with Gasteiger partial charge in [-0.3, -0.25) is 15.0 Å². The summed E-state index contributed by atoms with van der Waals surface area (Å²) in [6.45, 7) is 11.7. The van der Waals surface area contributed by atoms with Crippen LogP contribution in [0.25, 0.3) is 55.3 Å². The van der Waals surface area contributed by atoms with Crippen LogP contribution in [0.5, 0.6) is 0 Å². The monoisotopic (exact) mass is 855 g/mol. The summed E-state index contributed by atoms with van der Waals surface area (Å²) in [6.07, 6.45) is 6.82. The SMILES string of the molecule is CC(O)CC(C)O.Cc1ncc[c-]c1-c1cc(C(C)(C)C)ncn1.[Ir].c1ccc(-c2ccnc3c2ccc2c(-c4ccccc4)ccnc23)cc1. The van der Waals surface area contributed by atoms with E-state index in [1.807, 2.05) is 37.5 Å². The maximum Gasteiger partial charge on any atom is 0.105 e. The first kappa shape index (κ1) is 39.1. The van der Waals surface area contributed by atoms with Gasteiger partial charge in [-0.1, -0.05) is 113 Å². The number of nitrogens with zero attached hydrogens (tertiary/aromatic N) is 5. The first-order valence-electron chi connectivity index (χ1n) is 16.8. The molecule has 2 N–H and O–H groups in total. The number of benzene rings is 3. The molecule has 7 aromatic rings. The molecule has 263 valence electrons. The molecule has 0 aliphatic rings. The number of hydrogen-bond donors (Lipinski definition) is 2. The molecule has 4 heterocycles. The second-order valence-electron chi connectivity index (χ2n) is 13.3. The zero-order valence-electron chi connectivity index (χ0n) is 29.9. The van der Waals surface area contributed by atoms with Crippen molar-refractivity contribution in [2.45, 2.75) is 65.6 Å². The molecule has 2 unspecified atom stereocenters. The zero-order valence-corrected chi connectivity index (χ0v) is 32.3. The van der Waals surface area contributed by atoms with E-state index in [1.165, 1.54) is 22.3 Å². The average Bonchev–Trinajstić information content (AvgIpc) is 3.11. The van der Waals surface area contributed by atoms with Crippen molar-refractivity contribution < 1.29 is 30.3 Å². The second-order valence-corrected chi connectivity index (χ2v) is 13.3. The summed E-state index contributed by atoms with van der Waals surface area (Å²) in [4.78, 5) is 22.2. The van der Waals surface area contributed by atoms with Crippen molar-refractivity contribution in [3.63, 3.8) is 0 Å². The van der Waals surface area contributed by atoms with Crippen LogP contribution in [0.15, 0.2) is 122 Å². The third-order valence-corrected chi connectivity index (χ3v) is 8.10. The summed E-state index contributed by atoms with van der Waals surface area (Å²) in [5, 5.41) is 19.4. The summed E-state index contributed by atoms with van der Waals surface area (Å²) < 4.78 is 0. The Morgan fingerprint density at radius 3 is 1.59 bits per heavy atom. The molecule has 0 saturated heterocycles. The molecule has 4 aromatic heterocycles. The van der Waals surface area contributed by atoms with Crippen LogP contribution in [0.2, 0.25) is 0 Å². The Bertz CT molecular complexity index is 2050. The summed E-state index contributed by atoms with van der Waals surface area (Å²) >= 11 is 0. The van der Waals surface area contributed by atoms with Gasteiger partial charge in [0.2, 0.25) is 0 Å². The minimum absolute atomic E-state index is 0. The van der Waals surface area contributed by atoms with E-state index in [0.29, 0.717) is 6.42 Å². The third kappa shape index (κ3) is 10.2. The summed E-state index contributed by atoms with van der Waals surface area (Å²) in [5.74, 6) is 0. The Labute approximate surface area is 314 Å². The molecule has 7 nitrogen and oxygen atoms in total. The van der Waals surface area contributed by atoms with Gasteiger partial charge in [0.1, 0.15) is 6.33 Å². The quantitative estimate of drug-likeness (QED) is 0.132. The number of rotatable bonds is 5. The van der Waals surface area contributed by atoms with Crippen molar-refractivity contribution in [2.75, 3.05) is 0 Å². The van der Waals surface area contributed by atoms with E-state index in [4.69, 9.17) is 10.2 Å². The van der Waals surface area contributed by atoms with Crippen LogP contribution in [0.4, 0.5) is 0 Å². The minimum atomic E-state index is -0.375. The van der Waals surface area contributed by atoms with Gasteiger partial charge < -0.3 is 15.2 Å². The van der Waals surface area contributed by atoms with Gasteiger partial charge in [-0.15, -0.1) is 17.7 Å². The van der Waals surface area contributed by atoms with Crippen LogP contribution in [-0.4, -0.2) is 47.3 Å². The predicted molar refractivity (Wildman–Crippen MR) is 203 cm³/mol. The standard InChI is InChI=1S/C24H16N2.C14H16N3.C5H12O2.Ir/c1-3-7-17(8-4-1)19-13-15-25-23-21(19)11-12-22-20(14-16-26-24(22)23)18-9-5-2-6-10-18;1-10-11(6-5-7-15-10)12-8-13(14(2,3)4)17-9-16-12;1-4(6)3-5(2)7;/h1-16H;5,7-9H,1-4H3;4-7H,3H2,1-2H3;/q;-1;;. The molecule has 0 aliphatic carbocycles. The topological polar surface area (TPSA) is 105 Å². The average molecular weight is 855 g/mol. The number of aliphatic hydroxyl groups is 2. The molecule has 3 aromatic carbocycles. The summed E-state index contributed by atoms with van der Waals surface area (Å²) in [6, 6.07) is 36.3. The van der Waals surface area contributed by atoms with Gasteiger partial charge in [0.15, 0.2) is 0 Å². The van der Waals surface area contributed by atoms with Crippen LogP contribution in [0.3, 0.4) is 0 Å². The van der Waals surface area contributed by atoms with Crippen LogP contribution in [-0.2, 0) is 25.5 Å². The van der Waals surface area contributed by atoms with E-state index in [-0.39, 0.29) is 37.7 Å². The normalized spacial score (nSPS) is 12.1. The van der Waals surface area contributed by atoms with Crippen molar-refractivity contribution in [1.82, 2.24) is 24.9 Å². The molecule has 2 atom stereocenters. The molecule has 8 heteroatoms. The Morgan fingerprint density at radius 2 is 1.16 bits per heavy atom. The Hall–Kier alpha value is -4.72. The fraction of sp³-hybridized carbons (Fsp3) is 0.233. The Kier molecular flexibility index (Phi) is 13.8. The Morgan fingerprint density at radius 1 is 0.647 bits per heavy atom. The van der Waals surface area contributed by atoms with Gasteiger partial charge in [0.05, 0.1) is 23.2 Å². The van der Waals surface area contributed by atoms with Gasteiger partial charge in [0.25, 0.3) is 0 Å². The van der Waals surface area contributed by atoms with Crippen LogP contribution < -0.4 is 0 Å². The molecular formula is C43H44IrN5O2-. The molecule has 0 saturated carbocycles. The van der Waals surface area contributed by atoms with E-state index in [1.54, 1.807) is 32.4 Å². The number of hydrogen-bond acceptors (Lipinski definition) is 7. The fourth-order valence-electron chi connectivity index (χ4n) is 5.66. The van der Waals surface area contributed by atoms with Crippen molar-refractivity contribution in [1.29, 1.82) is 0 Å². The second kappa shape index (κ2) is 18.0. The van der Waals surface area contributed by atoms with Crippen molar-refractivity contribution in [3.05, 3.63) is 139 Å². The van der Waals surface area contributed by atoms with E-state index < -0.39 is 0 Å². The van der Waals surface area contributed by atoms with E-state index in [9.17, 15) is 0 Å². The van der Waals surface area contributed by atoms with Gasteiger partial charge >= 0.3 is 0 Å². The molecule has 0 fully saturated rings. The maximum atomic E-state index is 8.56. The van der Waals surface area contributed by atoms with Gasteiger partial charge in [-0.25, -0.2) is 4.98 Å². The van der Waals surface area contributed by atoms with E-state index in [2.05, 4.69) is 125 Å². The predicted octanol–water partition coefficient (Wildman–Crippen LogP) is 9.20. The maximum absolute atomic E-state index is 8.56. The van der Waals surface area contributed by atoms with Gasteiger partial charge in [-0.2, -0.15) is 0 Å². The molecule has 0 aliphatic heterocycles. The van der Waals surface area contributed by atoms with Gasteiger partial charge in [0, 0.05) is 54.4 Å². The fourth-order valence-corrected chi connectivity index (χ4v) is 5.66. The van der Waals surface area contributed by atoms with Crippen LogP contribution in [0.1, 0.15) is 52.4 Å². The number of aryl methyl sites for hydroxylation is 1. The van der Waals surface area contributed by atoms with Gasteiger partial charge in [-0.05, 0) is 66.0 Å². The zero-order chi connectivity index (χ0) is 35.7. The molecule has 0 spiro atoms. The number of aliphatic hydroxyl groups excluding tert-OH is 2. The number of aromatic nitrogens is 5. The summed E-state index contributed by atoms with van der Waals surface area (Å²) in [7, 11) is 0. The molecule has 7 rings (SSSR count). The smallest absolute Gasteiger partial charge is 0.105 e. The van der Waals surface area contributed by atoms with Crippen LogP contribution >= 0.6 is 0 Å². The summed E-state index contributed by atoms with van der Waals surface area (Å²) in [5.41, 5.74) is 10.5. The Balaban J connectivity index is 0.000000202. The van der Waals surface area contributed by atoms with Crippen LogP contribution in [0, 0.1) is 13.0 Å². The third-order valence-electron chi connectivity index (χ3n) is 8.10. The molecule has 0 bridgehead atoms. The molecule has 51 heavy (non-hydrogen) atoms. The van der Waals surface area contributed by atoms with E-state index >= 15 is 0 Å². The number of fused-ring (bicyclic) bond motifs is 3.